The summed E-state index contributed by atoms with van der Waals surface area (Å²) >= 11 is 0. The van der Waals surface area contributed by atoms with Crippen LogP contribution >= 0.6 is 0 Å². The second kappa shape index (κ2) is 2.58. The highest BCUT2D eigenvalue weighted by Gasteiger charge is 2.46. The van der Waals surface area contributed by atoms with E-state index < -0.39 is 0 Å². The fourth-order valence-electron chi connectivity index (χ4n) is 2.26. The predicted molar refractivity (Wildman–Crippen MR) is 52.2 cm³/mol. The van der Waals surface area contributed by atoms with Gasteiger partial charge in [0.2, 0.25) is 5.91 Å². The lowest BCUT2D eigenvalue weighted by Gasteiger charge is -2.44. The molecule has 0 atom stereocenters. The number of fused-ring (bicyclic) bond motifs is 2. The summed E-state index contributed by atoms with van der Waals surface area (Å²) in [5.74, 6) is 0.104. The van der Waals surface area contributed by atoms with Gasteiger partial charge in [-0.1, -0.05) is 18.2 Å². The number of hydrogen-bond donors (Lipinski definition) is 1. The Hall–Kier alpha value is -1.35. The summed E-state index contributed by atoms with van der Waals surface area (Å²) in [5.41, 5.74) is 2.15. The van der Waals surface area contributed by atoms with Crippen molar-refractivity contribution in [3.8, 4) is 0 Å². The van der Waals surface area contributed by atoms with E-state index >= 15 is 0 Å². The highest BCUT2D eigenvalue weighted by atomic mass is 16.5. The molecule has 0 saturated carbocycles. The largest absolute Gasteiger partial charge is 0.379 e. The van der Waals surface area contributed by atoms with Crippen LogP contribution in [0.15, 0.2) is 24.3 Å². The first-order valence-electron chi connectivity index (χ1n) is 4.77. The molecule has 1 fully saturated rings. The summed E-state index contributed by atoms with van der Waals surface area (Å²) in [6.45, 7) is 1.36. The number of ether oxygens (including phenoxy) is 1. The molecule has 3 nitrogen and oxygen atoms in total. The van der Waals surface area contributed by atoms with Crippen LogP contribution in [0.2, 0.25) is 0 Å². The molecule has 0 aromatic heterocycles. The normalized spacial score (nSPS) is 22.4. The first-order chi connectivity index (χ1) is 6.80. The fourth-order valence-corrected chi connectivity index (χ4v) is 2.26. The molecule has 1 amide bonds. The summed E-state index contributed by atoms with van der Waals surface area (Å²) in [7, 11) is 0. The minimum Gasteiger partial charge on any atom is -0.379 e. The van der Waals surface area contributed by atoms with Crippen molar-refractivity contribution in [2.45, 2.75) is 11.8 Å². The number of amides is 1. The van der Waals surface area contributed by atoms with Crippen LogP contribution in [-0.2, 0) is 14.9 Å². The topological polar surface area (TPSA) is 38.3 Å². The van der Waals surface area contributed by atoms with Crippen LogP contribution in [0.3, 0.4) is 0 Å². The third-order valence-electron chi connectivity index (χ3n) is 3.03. The monoisotopic (exact) mass is 189 g/mol. The number of rotatable bonds is 0. The zero-order chi connectivity index (χ0) is 9.60. The maximum Gasteiger partial charge on any atom is 0.225 e. The zero-order valence-electron chi connectivity index (χ0n) is 7.75. The molecule has 3 rings (SSSR count). The van der Waals surface area contributed by atoms with E-state index in [1.807, 2.05) is 18.2 Å². The van der Waals surface area contributed by atoms with Gasteiger partial charge < -0.3 is 10.1 Å². The molecule has 1 spiro atoms. The smallest absolute Gasteiger partial charge is 0.225 e. The third kappa shape index (κ3) is 0.930. The molecule has 72 valence electrons. The number of hydrogen-bond acceptors (Lipinski definition) is 2. The van der Waals surface area contributed by atoms with E-state index in [2.05, 4.69) is 11.4 Å². The highest BCUT2D eigenvalue weighted by Crippen LogP contribution is 2.42. The zero-order valence-corrected chi connectivity index (χ0v) is 7.75. The number of carbonyl (C=O) groups is 1. The van der Waals surface area contributed by atoms with Crippen LogP contribution < -0.4 is 5.32 Å². The lowest BCUT2D eigenvalue weighted by molar-refractivity contribution is -0.125. The van der Waals surface area contributed by atoms with E-state index in [9.17, 15) is 4.79 Å². The summed E-state index contributed by atoms with van der Waals surface area (Å²) in [4.78, 5) is 11.5. The van der Waals surface area contributed by atoms with Crippen LogP contribution in [0.4, 0.5) is 5.69 Å². The van der Waals surface area contributed by atoms with E-state index in [-0.39, 0.29) is 11.3 Å². The van der Waals surface area contributed by atoms with Crippen molar-refractivity contribution in [3.63, 3.8) is 0 Å². The quantitative estimate of drug-likeness (QED) is 0.668. The van der Waals surface area contributed by atoms with Gasteiger partial charge in [0.25, 0.3) is 0 Å². The second-order valence-corrected chi connectivity index (χ2v) is 4.04. The fraction of sp³-hybridized carbons (Fsp3) is 0.364. The molecule has 1 aromatic carbocycles. The second-order valence-electron chi connectivity index (χ2n) is 4.04. The van der Waals surface area contributed by atoms with Gasteiger partial charge in [0.1, 0.15) is 0 Å². The van der Waals surface area contributed by atoms with Gasteiger partial charge in [0.05, 0.1) is 18.6 Å². The standard InChI is InChI=1S/C11H11NO2/c13-10-5-11(6-14-7-11)8-3-1-2-4-9(8)12-10/h1-4H,5-7H2,(H,12,13). The molecular formula is C11H11NO2. The molecule has 0 bridgehead atoms. The van der Waals surface area contributed by atoms with Crippen LogP contribution in [0.5, 0.6) is 0 Å². The van der Waals surface area contributed by atoms with Crippen molar-refractivity contribution < 1.29 is 9.53 Å². The molecule has 0 unspecified atom stereocenters. The maximum atomic E-state index is 11.5. The van der Waals surface area contributed by atoms with Crippen molar-refractivity contribution in [1.29, 1.82) is 0 Å². The SMILES string of the molecule is O=C1CC2(COC2)c2ccccc2N1. The minimum absolute atomic E-state index is 0.0288. The molecule has 2 heterocycles. The number of benzene rings is 1. The van der Waals surface area contributed by atoms with Crippen LogP contribution in [-0.4, -0.2) is 19.1 Å². The molecule has 3 heteroatoms. The molecule has 14 heavy (non-hydrogen) atoms. The van der Waals surface area contributed by atoms with E-state index in [1.54, 1.807) is 0 Å². The number of anilines is 1. The summed E-state index contributed by atoms with van der Waals surface area (Å²) in [6, 6.07) is 7.98. The highest BCUT2D eigenvalue weighted by molar-refractivity contribution is 5.95. The van der Waals surface area contributed by atoms with Gasteiger partial charge in [-0.2, -0.15) is 0 Å². The van der Waals surface area contributed by atoms with Crippen molar-refractivity contribution >= 4 is 11.6 Å². The van der Waals surface area contributed by atoms with Crippen LogP contribution in [0.25, 0.3) is 0 Å². The Morgan fingerprint density at radius 1 is 1.29 bits per heavy atom. The van der Waals surface area contributed by atoms with Crippen molar-refractivity contribution in [3.05, 3.63) is 29.8 Å². The summed E-state index contributed by atoms with van der Waals surface area (Å²) in [6.07, 6.45) is 0.560. The molecule has 0 aliphatic carbocycles. The van der Waals surface area contributed by atoms with E-state index in [4.69, 9.17) is 4.74 Å². The van der Waals surface area contributed by atoms with E-state index in [0.717, 1.165) is 5.69 Å². The first-order valence-corrected chi connectivity index (χ1v) is 4.77. The van der Waals surface area contributed by atoms with E-state index in [0.29, 0.717) is 19.6 Å². The van der Waals surface area contributed by atoms with Gasteiger partial charge in [0.15, 0.2) is 0 Å². The van der Waals surface area contributed by atoms with Gasteiger partial charge >= 0.3 is 0 Å². The Morgan fingerprint density at radius 2 is 2.07 bits per heavy atom. The van der Waals surface area contributed by atoms with Crippen molar-refractivity contribution in [2.24, 2.45) is 0 Å². The first kappa shape index (κ1) is 8.00. The minimum atomic E-state index is -0.0288. The Balaban J connectivity index is 2.14. The lowest BCUT2D eigenvalue weighted by Crippen LogP contribution is -2.51. The molecule has 2 aliphatic heterocycles. The molecule has 1 aromatic rings. The molecular weight excluding hydrogens is 178 g/mol. The summed E-state index contributed by atoms with van der Waals surface area (Å²) < 4.78 is 5.24. The van der Waals surface area contributed by atoms with Crippen molar-refractivity contribution in [2.75, 3.05) is 18.5 Å². The molecule has 2 aliphatic rings. The molecule has 1 N–H and O–H groups in total. The Kier molecular flexibility index (Phi) is 1.47. The third-order valence-corrected chi connectivity index (χ3v) is 3.03. The average molecular weight is 189 g/mol. The van der Waals surface area contributed by atoms with Gasteiger partial charge in [-0.25, -0.2) is 0 Å². The Morgan fingerprint density at radius 3 is 2.79 bits per heavy atom. The maximum absolute atomic E-state index is 11.5. The van der Waals surface area contributed by atoms with E-state index in [1.165, 1.54) is 5.56 Å². The van der Waals surface area contributed by atoms with Gasteiger partial charge in [-0.3, -0.25) is 4.79 Å². The summed E-state index contributed by atoms with van der Waals surface area (Å²) in [5, 5.41) is 2.89. The average Bonchev–Trinajstić information content (AvgIpc) is 2.14. The Labute approximate surface area is 82.1 Å². The van der Waals surface area contributed by atoms with Gasteiger partial charge in [-0.15, -0.1) is 0 Å². The van der Waals surface area contributed by atoms with Crippen LogP contribution in [0.1, 0.15) is 12.0 Å². The van der Waals surface area contributed by atoms with Gasteiger partial charge in [-0.05, 0) is 11.6 Å². The Bertz CT molecular complexity index is 396. The van der Waals surface area contributed by atoms with Crippen LogP contribution in [0, 0.1) is 0 Å². The predicted octanol–water partition coefficient (Wildman–Crippen LogP) is 1.30. The number of nitrogens with one attached hydrogen (secondary N) is 1. The van der Waals surface area contributed by atoms with Crippen molar-refractivity contribution in [1.82, 2.24) is 0 Å². The lowest BCUT2D eigenvalue weighted by atomic mass is 9.73. The molecule has 1 saturated heterocycles. The molecule has 0 radical (unpaired) electrons. The number of carbonyl (C=O) groups excluding carboxylic acids is 1. The van der Waals surface area contributed by atoms with Gasteiger partial charge in [0, 0.05) is 12.1 Å². The number of para-hydroxylation sites is 1.